The van der Waals surface area contributed by atoms with Crippen LogP contribution in [0, 0.1) is 11.8 Å². The van der Waals surface area contributed by atoms with Crippen LogP contribution in [0.2, 0.25) is 5.02 Å². The van der Waals surface area contributed by atoms with E-state index >= 15 is 0 Å². The molecule has 3 rings (SSSR count). The molecule has 5 heteroatoms. The topological polar surface area (TPSA) is 38.3 Å². The molecule has 3 atom stereocenters. The number of carbonyl (C=O) groups is 1. The summed E-state index contributed by atoms with van der Waals surface area (Å²) in [5, 5.41) is 4.14. The van der Waals surface area contributed by atoms with Gasteiger partial charge in [0.1, 0.15) is 5.54 Å². The van der Waals surface area contributed by atoms with Crippen molar-refractivity contribution in [2.75, 3.05) is 11.9 Å². The average molecular weight is 373 g/mol. The first-order chi connectivity index (χ1) is 10.0. The fraction of sp³-hybridized carbons (Fsp3) is 0.562. The fourth-order valence-electron chi connectivity index (χ4n) is 3.88. The number of esters is 1. The van der Waals surface area contributed by atoms with Gasteiger partial charge in [0.2, 0.25) is 0 Å². The molecule has 114 valence electrons. The third-order valence-electron chi connectivity index (χ3n) is 4.78. The molecule has 0 amide bonds. The Kier molecular flexibility index (Phi) is 4.19. The summed E-state index contributed by atoms with van der Waals surface area (Å²) in [7, 11) is 0. The molecule has 3 unspecified atom stereocenters. The number of anilines is 1. The highest BCUT2D eigenvalue weighted by atomic mass is 79.9. The van der Waals surface area contributed by atoms with Gasteiger partial charge in [-0.15, -0.1) is 0 Å². The summed E-state index contributed by atoms with van der Waals surface area (Å²) in [6.45, 7) is 2.28. The van der Waals surface area contributed by atoms with Crippen molar-refractivity contribution in [3.8, 4) is 0 Å². The summed E-state index contributed by atoms with van der Waals surface area (Å²) in [4.78, 5) is 12.6. The molecule has 2 fully saturated rings. The van der Waals surface area contributed by atoms with Gasteiger partial charge in [-0.05, 0) is 78.6 Å². The fourth-order valence-corrected chi connectivity index (χ4v) is 4.37. The minimum Gasteiger partial charge on any atom is -0.464 e. The van der Waals surface area contributed by atoms with Crippen LogP contribution in [0.15, 0.2) is 22.7 Å². The van der Waals surface area contributed by atoms with Gasteiger partial charge in [0.25, 0.3) is 0 Å². The summed E-state index contributed by atoms with van der Waals surface area (Å²) in [6, 6.07) is 5.68. The van der Waals surface area contributed by atoms with Crippen LogP contribution in [0.1, 0.15) is 32.6 Å². The first-order valence-corrected chi connectivity index (χ1v) is 8.62. The quantitative estimate of drug-likeness (QED) is 0.783. The van der Waals surface area contributed by atoms with Gasteiger partial charge in [0.15, 0.2) is 0 Å². The summed E-state index contributed by atoms with van der Waals surface area (Å²) in [6.07, 6.45) is 4.33. The second-order valence-corrected chi connectivity index (χ2v) is 7.29. The normalized spacial score (nSPS) is 30.4. The molecule has 2 aliphatic carbocycles. The zero-order valence-electron chi connectivity index (χ0n) is 12.0. The number of rotatable bonds is 4. The van der Waals surface area contributed by atoms with Crippen LogP contribution < -0.4 is 5.32 Å². The summed E-state index contributed by atoms with van der Waals surface area (Å²) in [5.41, 5.74) is 0.346. The summed E-state index contributed by atoms with van der Waals surface area (Å²) in [5.74, 6) is 0.905. The molecule has 1 aromatic carbocycles. The molecule has 2 aliphatic rings. The second-order valence-electron chi connectivity index (χ2n) is 6.03. The molecule has 1 N–H and O–H groups in total. The van der Waals surface area contributed by atoms with E-state index in [4.69, 9.17) is 16.3 Å². The largest absolute Gasteiger partial charge is 0.464 e. The van der Waals surface area contributed by atoms with Crippen LogP contribution in [-0.4, -0.2) is 18.1 Å². The van der Waals surface area contributed by atoms with Gasteiger partial charge in [0, 0.05) is 10.2 Å². The number of ether oxygens (including phenoxy) is 1. The average Bonchev–Trinajstić information content (AvgIpc) is 3.04. The van der Waals surface area contributed by atoms with Crippen molar-refractivity contribution in [1.82, 2.24) is 0 Å². The van der Waals surface area contributed by atoms with Crippen LogP contribution in [0.25, 0.3) is 0 Å². The Morgan fingerprint density at radius 1 is 1.52 bits per heavy atom. The summed E-state index contributed by atoms with van der Waals surface area (Å²) >= 11 is 9.47. The van der Waals surface area contributed by atoms with Crippen LogP contribution in [0.3, 0.4) is 0 Å². The number of nitrogens with one attached hydrogen (secondary N) is 1. The molecule has 3 nitrogen and oxygen atoms in total. The standard InChI is InChI=1S/C16H19BrClNO2/c1-2-21-15(20)16(9-10-3-4-11(16)7-10)19-12-5-6-14(18)13(17)8-12/h5-6,8,10-11,19H,2-4,7,9H2,1H3. The third kappa shape index (κ3) is 2.68. The van der Waals surface area contributed by atoms with E-state index in [1.807, 2.05) is 25.1 Å². The first-order valence-electron chi connectivity index (χ1n) is 7.45. The molecule has 1 aromatic rings. The predicted molar refractivity (Wildman–Crippen MR) is 87.6 cm³/mol. The van der Waals surface area contributed by atoms with Crippen molar-refractivity contribution in [3.63, 3.8) is 0 Å². The zero-order valence-corrected chi connectivity index (χ0v) is 14.3. The van der Waals surface area contributed by atoms with Crippen molar-refractivity contribution >= 4 is 39.2 Å². The lowest BCUT2D eigenvalue weighted by atomic mass is 9.80. The Labute approximate surface area is 138 Å². The maximum Gasteiger partial charge on any atom is 0.332 e. The predicted octanol–water partition coefficient (Wildman–Crippen LogP) is 4.64. The van der Waals surface area contributed by atoms with Gasteiger partial charge in [0.05, 0.1) is 11.6 Å². The molecule has 0 spiro atoms. The van der Waals surface area contributed by atoms with E-state index in [0.29, 0.717) is 23.5 Å². The highest BCUT2D eigenvalue weighted by molar-refractivity contribution is 9.10. The van der Waals surface area contributed by atoms with Gasteiger partial charge in [-0.3, -0.25) is 0 Å². The monoisotopic (exact) mass is 371 g/mol. The number of hydrogen-bond donors (Lipinski definition) is 1. The van der Waals surface area contributed by atoms with E-state index in [9.17, 15) is 4.79 Å². The lowest BCUT2D eigenvalue weighted by Gasteiger charge is -2.37. The lowest BCUT2D eigenvalue weighted by molar-refractivity contribution is -0.150. The molecule has 21 heavy (non-hydrogen) atoms. The Bertz CT molecular complexity index is 565. The zero-order chi connectivity index (χ0) is 15.0. The van der Waals surface area contributed by atoms with Crippen molar-refractivity contribution in [3.05, 3.63) is 27.7 Å². The van der Waals surface area contributed by atoms with E-state index in [1.54, 1.807) is 0 Å². The van der Waals surface area contributed by atoms with Crippen LogP contribution in [0.4, 0.5) is 5.69 Å². The van der Waals surface area contributed by atoms with Crippen LogP contribution in [0.5, 0.6) is 0 Å². The number of benzene rings is 1. The van der Waals surface area contributed by atoms with Crippen LogP contribution in [-0.2, 0) is 9.53 Å². The minimum absolute atomic E-state index is 0.108. The molecule has 0 radical (unpaired) electrons. The van der Waals surface area contributed by atoms with Crippen molar-refractivity contribution < 1.29 is 9.53 Å². The Morgan fingerprint density at radius 2 is 2.33 bits per heavy atom. The van der Waals surface area contributed by atoms with Gasteiger partial charge in [-0.1, -0.05) is 11.6 Å². The van der Waals surface area contributed by atoms with Crippen LogP contribution >= 0.6 is 27.5 Å². The molecule has 2 saturated carbocycles. The van der Waals surface area contributed by atoms with Gasteiger partial charge < -0.3 is 10.1 Å². The third-order valence-corrected chi connectivity index (χ3v) is 5.99. The Balaban J connectivity index is 1.89. The highest BCUT2D eigenvalue weighted by Gasteiger charge is 2.56. The van der Waals surface area contributed by atoms with E-state index in [0.717, 1.165) is 29.4 Å². The number of hydrogen-bond acceptors (Lipinski definition) is 3. The number of carbonyl (C=O) groups excluding carboxylic acids is 1. The molecule has 0 aromatic heterocycles. The maximum atomic E-state index is 12.6. The molecule has 0 heterocycles. The van der Waals surface area contributed by atoms with E-state index in [2.05, 4.69) is 21.2 Å². The molecular formula is C16H19BrClNO2. The molecule has 0 saturated heterocycles. The van der Waals surface area contributed by atoms with Gasteiger partial charge in [-0.25, -0.2) is 4.79 Å². The molecular weight excluding hydrogens is 354 g/mol. The van der Waals surface area contributed by atoms with E-state index < -0.39 is 5.54 Å². The lowest BCUT2D eigenvalue weighted by Crippen LogP contribution is -2.51. The smallest absolute Gasteiger partial charge is 0.332 e. The first kappa shape index (κ1) is 15.2. The minimum atomic E-state index is -0.563. The van der Waals surface area contributed by atoms with Crippen molar-refractivity contribution in [1.29, 1.82) is 0 Å². The summed E-state index contributed by atoms with van der Waals surface area (Å²) < 4.78 is 6.20. The van der Waals surface area contributed by atoms with E-state index in [-0.39, 0.29) is 5.97 Å². The second kappa shape index (κ2) is 5.81. The SMILES string of the molecule is CCOC(=O)C1(Nc2ccc(Cl)c(Br)c2)CC2CCC1C2. The Hall–Kier alpha value is -0.740. The van der Waals surface area contributed by atoms with Crippen molar-refractivity contribution in [2.24, 2.45) is 11.8 Å². The number of halogens is 2. The highest BCUT2D eigenvalue weighted by Crippen LogP contribution is 2.52. The van der Waals surface area contributed by atoms with Gasteiger partial charge >= 0.3 is 5.97 Å². The van der Waals surface area contributed by atoms with Gasteiger partial charge in [-0.2, -0.15) is 0 Å². The maximum absolute atomic E-state index is 12.6. The molecule has 0 aliphatic heterocycles. The van der Waals surface area contributed by atoms with E-state index in [1.165, 1.54) is 6.42 Å². The molecule has 2 bridgehead atoms. The Morgan fingerprint density at radius 3 is 2.90 bits per heavy atom. The number of fused-ring (bicyclic) bond motifs is 2. The van der Waals surface area contributed by atoms with Crippen molar-refractivity contribution in [2.45, 2.75) is 38.1 Å².